The second kappa shape index (κ2) is 9.40. The zero-order valence-electron chi connectivity index (χ0n) is 17.7. The minimum absolute atomic E-state index is 0.161. The van der Waals surface area contributed by atoms with Gasteiger partial charge in [-0.25, -0.2) is 8.42 Å². The van der Waals surface area contributed by atoms with E-state index in [1.165, 1.54) is 24.0 Å². The molecule has 2 aromatic rings. The van der Waals surface area contributed by atoms with Gasteiger partial charge in [-0.05, 0) is 73.4 Å². The van der Waals surface area contributed by atoms with Gasteiger partial charge in [0.1, 0.15) is 6.54 Å². The van der Waals surface area contributed by atoms with E-state index in [4.69, 9.17) is 11.6 Å². The maximum atomic E-state index is 12.9. The van der Waals surface area contributed by atoms with Crippen LogP contribution in [0.1, 0.15) is 54.5 Å². The van der Waals surface area contributed by atoms with Gasteiger partial charge in [-0.2, -0.15) is 0 Å². The van der Waals surface area contributed by atoms with Gasteiger partial charge in [-0.1, -0.05) is 42.8 Å². The summed E-state index contributed by atoms with van der Waals surface area (Å²) in [6.07, 6.45) is 6.43. The Morgan fingerprint density at radius 2 is 1.83 bits per heavy atom. The highest BCUT2D eigenvalue weighted by Gasteiger charge is 2.24. The highest BCUT2D eigenvalue weighted by molar-refractivity contribution is 7.92. The fourth-order valence-electron chi connectivity index (χ4n) is 3.99. The van der Waals surface area contributed by atoms with Gasteiger partial charge in [0.15, 0.2) is 0 Å². The largest absolute Gasteiger partial charge is 0.348 e. The van der Waals surface area contributed by atoms with Crippen LogP contribution in [0.3, 0.4) is 0 Å². The summed E-state index contributed by atoms with van der Waals surface area (Å²) in [5.41, 5.74) is 4.97. The summed E-state index contributed by atoms with van der Waals surface area (Å²) in [5, 5.41) is 3.44. The molecule has 5 nitrogen and oxygen atoms in total. The Bertz CT molecular complexity index is 1040. The SMILES string of the molecule is CC[C@@H](NC(=O)CN(c1cc(Cl)ccc1C)S(C)(=O)=O)c1ccc2c(c1)CCCC2. The van der Waals surface area contributed by atoms with Gasteiger partial charge < -0.3 is 5.32 Å². The molecule has 0 saturated carbocycles. The number of aryl methyl sites for hydroxylation is 3. The first-order valence-corrected chi connectivity index (χ1v) is 12.6. The maximum Gasteiger partial charge on any atom is 0.241 e. The monoisotopic (exact) mass is 448 g/mol. The normalized spacial score (nSPS) is 14.7. The standard InChI is InChI=1S/C23H29ClN2O3S/c1-4-21(19-11-10-17-7-5-6-8-18(17)13-19)25-23(27)15-26(30(3,28)29)22-14-20(24)12-9-16(22)2/h9-14,21H,4-8,15H2,1-3H3,(H,25,27)/t21-/m1/s1. The molecule has 30 heavy (non-hydrogen) atoms. The lowest BCUT2D eigenvalue weighted by Gasteiger charge is -2.26. The predicted molar refractivity (Wildman–Crippen MR) is 123 cm³/mol. The summed E-state index contributed by atoms with van der Waals surface area (Å²) in [5.74, 6) is -0.343. The van der Waals surface area contributed by atoms with Crippen molar-refractivity contribution in [2.75, 3.05) is 17.1 Å². The molecule has 0 bridgehead atoms. The van der Waals surface area contributed by atoms with Crippen LogP contribution >= 0.6 is 11.6 Å². The summed E-state index contributed by atoms with van der Waals surface area (Å²) in [7, 11) is -3.66. The Hall–Kier alpha value is -2.05. The Balaban J connectivity index is 1.79. The van der Waals surface area contributed by atoms with Gasteiger partial charge >= 0.3 is 0 Å². The number of anilines is 1. The van der Waals surface area contributed by atoms with Gasteiger partial charge in [0.05, 0.1) is 18.0 Å². The summed E-state index contributed by atoms with van der Waals surface area (Å²) >= 11 is 6.07. The fourth-order valence-corrected chi connectivity index (χ4v) is 5.07. The van der Waals surface area contributed by atoms with E-state index in [1.807, 2.05) is 6.92 Å². The molecule has 0 unspecified atom stereocenters. The minimum Gasteiger partial charge on any atom is -0.348 e. The molecule has 0 heterocycles. The van der Waals surface area contributed by atoms with Gasteiger partial charge in [-0.3, -0.25) is 9.10 Å². The number of benzene rings is 2. The molecule has 1 N–H and O–H groups in total. The van der Waals surface area contributed by atoms with Crippen LogP contribution in [0.2, 0.25) is 5.02 Å². The number of carbonyl (C=O) groups excluding carboxylic acids is 1. The average molecular weight is 449 g/mol. The summed E-state index contributed by atoms with van der Waals surface area (Å²) < 4.78 is 26.0. The predicted octanol–water partition coefficient (Wildman–Crippen LogP) is 4.56. The van der Waals surface area contributed by atoms with E-state index in [9.17, 15) is 13.2 Å². The first kappa shape index (κ1) is 22.6. The van der Waals surface area contributed by atoms with Crippen LogP contribution in [-0.2, 0) is 27.7 Å². The Morgan fingerprint density at radius 1 is 1.13 bits per heavy atom. The Kier molecular flexibility index (Phi) is 7.09. The number of nitrogens with one attached hydrogen (secondary N) is 1. The quantitative estimate of drug-likeness (QED) is 0.675. The molecular weight excluding hydrogens is 420 g/mol. The van der Waals surface area contributed by atoms with Crippen molar-refractivity contribution >= 4 is 33.2 Å². The van der Waals surface area contributed by atoms with E-state index in [2.05, 4.69) is 23.5 Å². The van der Waals surface area contributed by atoms with Crippen LogP contribution in [0, 0.1) is 6.92 Å². The number of halogens is 1. The zero-order chi connectivity index (χ0) is 21.9. The summed E-state index contributed by atoms with van der Waals surface area (Å²) in [6, 6.07) is 11.3. The number of carbonyl (C=O) groups is 1. The van der Waals surface area contributed by atoms with E-state index in [0.717, 1.165) is 41.0 Å². The van der Waals surface area contributed by atoms with Crippen molar-refractivity contribution in [2.45, 2.75) is 52.0 Å². The molecule has 1 atom stereocenters. The highest BCUT2D eigenvalue weighted by Crippen LogP contribution is 2.28. The number of hydrogen-bond acceptors (Lipinski definition) is 3. The van der Waals surface area contributed by atoms with Crippen molar-refractivity contribution in [3.05, 3.63) is 63.7 Å². The lowest BCUT2D eigenvalue weighted by Crippen LogP contribution is -2.41. The summed E-state index contributed by atoms with van der Waals surface area (Å²) in [6.45, 7) is 3.52. The zero-order valence-corrected chi connectivity index (χ0v) is 19.3. The molecule has 0 saturated heterocycles. The van der Waals surface area contributed by atoms with Crippen molar-refractivity contribution in [3.8, 4) is 0 Å². The molecule has 1 aliphatic rings. The van der Waals surface area contributed by atoms with E-state index < -0.39 is 10.0 Å². The number of nitrogens with zero attached hydrogens (tertiary/aromatic N) is 1. The number of hydrogen-bond donors (Lipinski definition) is 1. The highest BCUT2D eigenvalue weighted by atomic mass is 35.5. The van der Waals surface area contributed by atoms with Crippen molar-refractivity contribution in [1.29, 1.82) is 0 Å². The molecule has 0 aromatic heterocycles. The van der Waals surface area contributed by atoms with Crippen molar-refractivity contribution in [2.24, 2.45) is 0 Å². The molecular formula is C23H29ClN2O3S. The summed E-state index contributed by atoms with van der Waals surface area (Å²) in [4.78, 5) is 12.9. The second-order valence-electron chi connectivity index (χ2n) is 7.96. The molecule has 0 spiro atoms. The lowest BCUT2D eigenvalue weighted by molar-refractivity contribution is -0.120. The first-order chi connectivity index (χ1) is 14.2. The van der Waals surface area contributed by atoms with Crippen molar-refractivity contribution < 1.29 is 13.2 Å². The molecule has 7 heteroatoms. The van der Waals surface area contributed by atoms with Gasteiger partial charge in [0.2, 0.25) is 15.9 Å². The first-order valence-electron chi connectivity index (χ1n) is 10.3. The fraction of sp³-hybridized carbons (Fsp3) is 0.435. The van der Waals surface area contributed by atoms with E-state index in [1.54, 1.807) is 25.1 Å². The second-order valence-corrected chi connectivity index (χ2v) is 10.3. The van der Waals surface area contributed by atoms with Crippen LogP contribution in [0.15, 0.2) is 36.4 Å². The molecule has 1 aliphatic carbocycles. The number of amides is 1. The van der Waals surface area contributed by atoms with Crippen LogP contribution in [0.5, 0.6) is 0 Å². The molecule has 0 aliphatic heterocycles. The average Bonchev–Trinajstić information content (AvgIpc) is 2.71. The molecule has 2 aromatic carbocycles. The molecule has 0 fully saturated rings. The third kappa shape index (κ3) is 5.35. The molecule has 162 valence electrons. The number of sulfonamides is 1. The molecule has 1 amide bonds. The van der Waals surface area contributed by atoms with E-state index in [-0.39, 0.29) is 18.5 Å². The van der Waals surface area contributed by atoms with Crippen LogP contribution in [0.4, 0.5) is 5.69 Å². The minimum atomic E-state index is -3.66. The smallest absolute Gasteiger partial charge is 0.241 e. The Labute approximate surface area is 184 Å². The van der Waals surface area contributed by atoms with Gasteiger partial charge in [-0.15, -0.1) is 0 Å². The third-order valence-electron chi connectivity index (χ3n) is 5.65. The number of rotatable bonds is 7. The van der Waals surface area contributed by atoms with Crippen molar-refractivity contribution in [3.63, 3.8) is 0 Å². The maximum absolute atomic E-state index is 12.9. The van der Waals surface area contributed by atoms with Crippen molar-refractivity contribution in [1.82, 2.24) is 5.32 Å². The van der Waals surface area contributed by atoms with Gasteiger partial charge in [0, 0.05) is 5.02 Å². The number of fused-ring (bicyclic) bond motifs is 1. The lowest BCUT2D eigenvalue weighted by atomic mass is 9.89. The van der Waals surface area contributed by atoms with Crippen LogP contribution < -0.4 is 9.62 Å². The molecule has 3 rings (SSSR count). The Morgan fingerprint density at radius 3 is 2.50 bits per heavy atom. The topological polar surface area (TPSA) is 66.5 Å². The van der Waals surface area contributed by atoms with E-state index in [0.29, 0.717) is 10.7 Å². The van der Waals surface area contributed by atoms with Crippen LogP contribution in [0.25, 0.3) is 0 Å². The third-order valence-corrected chi connectivity index (χ3v) is 7.01. The van der Waals surface area contributed by atoms with Crippen LogP contribution in [-0.4, -0.2) is 27.1 Å². The molecule has 0 radical (unpaired) electrons. The van der Waals surface area contributed by atoms with E-state index >= 15 is 0 Å². The van der Waals surface area contributed by atoms with Gasteiger partial charge in [0.25, 0.3) is 0 Å².